The van der Waals surface area contributed by atoms with Crippen LogP contribution in [-0.4, -0.2) is 82.2 Å². The highest BCUT2D eigenvalue weighted by molar-refractivity contribution is 6.11. The van der Waals surface area contributed by atoms with Gasteiger partial charge in [0.05, 0.1) is 5.52 Å². The summed E-state index contributed by atoms with van der Waals surface area (Å²) in [6.07, 6.45) is 8.11. The van der Waals surface area contributed by atoms with E-state index in [1.54, 1.807) is 6.20 Å². The molecule has 6 rings (SSSR count). The van der Waals surface area contributed by atoms with Crippen molar-refractivity contribution in [2.75, 3.05) is 56.5 Å². The Morgan fingerprint density at radius 3 is 2.65 bits per heavy atom. The Bertz CT molecular complexity index is 1400. The van der Waals surface area contributed by atoms with Crippen molar-refractivity contribution in [3.8, 4) is 11.1 Å². The lowest BCUT2D eigenvalue weighted by molar-refractivity contribution is 0.102. The lowest BCUT2D eigenvalue weighted by atomic mass is 10.0. The molecule has 3 aromatic heterocycles. The van der Waals surface area contributed by atoms with Gasteiger partial charge in [0.15, 0.2) is 5.69 Å². The predicted octanol–water partition coefficient (Wildman–Crippen LogP) is 3.62. The van der Waals surface area contributed by atoms with Crippen LogP contribution in [0.2, 0.25) is 0 Å². The molecular weight excluding hydrogens is 464 g/mol. The number of H-pyrrole nitrogens is 1. The Kier molecular flexibility index (Phi) is 6.55. The smallest absolute Gasteiger partial charge is 0.276 e. The second kappa shape index (κ2) is 10.3. The SMILES string of the molecule is CN1CCN(c2cc(NC(=O)c3n[nH]c4ccc(-c5cncc(CN6CCCC6)c5)cc34)ccn2)CC1. The van der Waals surface area contributed by atoms with Gasteiger partial charge in [-0.1, -0.05) is 6.07 Å². The number of carbonyl (C=O) groups excluding carboxylic acids is 1. The molecule has 0 radical (unpaired) electrons. The largest absolute Gasteiger partial charge is 0.354 e. The summed E-state index contributed by atoms with van der Waals surface area (Å²) < 4.78 is 0. The number of carbonyl (C=O) groups is 1. The maximum atomic E-state index is 13.3. The fourth-order valence-corrected chi connectivity index (χ4v) is 5.19. The van der Waals surface area contributed by atoms with Crippen molar-refractivity contribution in [3.05, 3.63) is 66.2 Å². The molecule has 0 unspecified atom stereocenters. The Labute approximate surface area is 216 Å². The van der Waals surface area contributed by atoms with Crippen LogP contribution < -0.4 is 10.2 Å². The Morgan fingerprint density at radius 1 is 0.973 bits per heavy atom. The number of aromatic nitrogens is 4. The van der Waals surface area contributed by atoms with E-state index < -0.39 is 0 Å². The quantitative estimate of drug-likeness (QED) is 0.421. The fraction of sp³-hybridized carbons (Fsp3) is 0.357. The number of fused-ring (bicyclic) bond motifs is 1. The summed E-state index contributed by atoms with van der Waals surface area (Å²) in [4.78, 5) is 29.3. The van der Waals surface area contributed by atoms with Gasteiger partial charge in [0.2, 0.25) is 0 Å². The number of aromatic amines is 1. The average Bonchev–Trinajstić information content (AvgIpc) is 3.59. The van der Waals surface area contributed by atoms with Crippen LogP contribution in [-0.2, 0) is 6.54 Å². The molecule has 5 heterocycles. The molecule has 1 amide bonds. The third-order valence-corrected chi connectivity index (χ3v) is 7.34. The molecule has 9 nitrogen and oxygen atoms in total. The molecule has 2 aliphatic rings. The number of pyridine rings is 2. The van der Waals surface area contributed by atoms with E-state index in [1.165, 1.54) is 18.4 Å². The van der Waals surface area contributed by atoms with E-state index in [4.69, 9.17) is 0 Å². The lowest BCUT2D eigenvalue weighted by Gasteiger charge is -2.33. The summed E-state index contributed by atoms with van der Waals surface area (Å²) in [5.41, 5.74) is 5.16. The van der Waals surface area contributed by atoms with Crippen molar-refractivity contribution < 1.29 is 4.79 Å². The normalized spacial score (nSPS) is 16.9. The maximum absolute atomic E-state index is 13.3. The van der Waals surface area contributed by atoms with Crippen LogP contribution in [0, 0.1) is 0 Å². The zero-order valence-corrected chi connectivity index (χ0v) is 21.2. The van der Waals surface area contributed by atoms with Crippen LogP contribution >= 0.6 is 0 Å². The summed E-state index contributed by atoms with van der Waals surface area (Å²) in [6.45, 7) is 7.05. The van der Waals surface area contributed by atoms with Gasteiger partial charge < -0.3 is 15.1 Å². The van der Waals surface area contributed by atoms with E-state index in [2.05, 4.69) is 53.3 Å². The zero-order chi connectivity index (χ0) is 25.2. The van der Waals surface area contributed by atoms with E-state index in [0.29, 0.717) is 11.4 Å². The van der Waals surface area contributed by atoms with E-state index in [1.807, 2.05) is 42.7 Å². The molecule has 190 valence electrons. The summed E-state index contributed by atoms with van der Waals surface area (Å²) in [6, 6.07) is 12.0. The molecule has 0 aliphatic carbocycles. The summed E-state index contributed by atoms with van der Waals surface area (Å²) in [5, 5.41) is 11.1. The van der Waals surface area contributed by atoms with E-state index >= 15 is 0 Å². The van der Waals surface area contributed by atoms with Crippen LogP contribution in [0.15, 0.2) is 55.0 Å². The highest BCUT2D eigenvalue weighted by Gasteiger charge is 2.19. The number of piperazine rings is 1. The molecule has 0 bridgehead atoms. The molecule has 0 atom stereocenters. The van der Waals surface area contributed by atoms with E-state index in [-0.39, 0.29) is 5.91 Å². The molecule has 9 heteroatoms. The molecule has 0 spiro atoms. The molecule has 4 aromatic rings. The van der Waals surface area contributed by atoms with Gasteiger partial charge in [-0.3, -0.25) is 19.8 Å². The van der Waals surface area contributed by atoms with Crippen LogP contribution in [0.25, 0.3) is 22.0 Å². The molecule has 2 aliphatic heterocycles. The topological polar surface area (TPSA) is 93.3 Å². The molecule has 1 aromatic carbocycles. The first-order chi connectivity index (χ1) is 18.1. The monoisotopic (exact) mass is 496 g/mol. The first-order valence-corrected chi connectivity index (χ1v) is 13.0. The summed E-state index contributed by atoms with van der Waals surface area (Å²) >= 11 is 0. The number of amides is 1. The molecule has 2 saturated heterocycles. The van der Waals surface area contributed by atoms with Crippen LogP contribution in [0.4, 0.5) is 11.5 Å². The van der Waals surface area contributed by atoms with Crippen LogP contribution in [0.1, 0.15) is 28.9 Å². The number of anilines is 2. The van der Waals surface area contributed by atoms with E-state index in [0.717, 1.165) is 73.7 Å². The number of likely N-dealkylation sites (tertiary alicyclic amines) is 1. The molecule has 0 saturated carbocycles. The minimum absolute atomic E-state index is 0.250. The van der Waals surface area contributed by atoms with Crippen molar-refractivity contribution in [2.24, 2.45) is 0 Å². The van der Waals surface area contributed by atoms with Crippen LogP contribution in [0.3, 0.4) is 0 Å². The molecule has 2 fully saturated rings. The van der Waals surface area contributed by atoms with Crippen molar-refractivity contribution in [1.82, 2.24) is 30.0 Å². The van der Waals surface area contributed by atoms with Crippen molar-refractivity contribution in [3.63, 3.8) is 0 Å². The van der Waals surface area contributed by atoms with Gasteiger partial charge >= 0.3 is 0 Å². The minimum Gasteiger partial charge on any atom is -0.354 e. The van der Waals surface area contributed by atoms with Gasteiger partial charge in [0.25, 0.3) is 5.91 Å². The molecular formula is C28H32N8O. The van der Waals surface area contributed by atoms with Gasteiger partial charge in [-0.2, -0.15) is 5.10 Å². The van der Waals surface area contributed by atoms with Gasteiger partial charge in [0, 0.05) is 74.0 Å². The first kappa shape index (κ1) is 23.6. The maximum Gasteiger partial charge on any atom is 0.276 e. The standard InChI is InChI=1S/C28H32N8O/c1-34-10-12-36(13-11-34)26-16-23(6-7-30-26)31-28(37)27-24-15-21(4-5-25(24)32-33-27)22-14-20(17-29-18-22)19-35-8-2-3-9-35/h4-7,14-18H,2-3,8-13,19H2,1H3,(H,32,33)(H,30,31,37). The number of nitrogens with zero attached hydrogens (tertiary/aromatic N) is 6. The number of benzene rings is 1. The second-order valence-corrected chi connectivity index (χ2v) is 10.0. The lowest BCUT2D eigenvalue weighted by Crippen LogP contribution is -2.44. The fourth-order valence-electron chi connectivity index (χ4n) is 5.19. The summed E-state index contributed by atoms with van der Waals surface area (Å²) in [5.74, 6) is 0.626. The number of hydrogen-bond donors (Lipinski definition) is 2. The second-order valence-electron chi connectivity index (χ2n) is 10.0. The van der Waals surface area contributed by atoms with Crippen molar-refractivity contribution in [2.45, 2.75) is 19.4 Å². The predicted molar refractivity (Wildman–Crippen MR) is 146 cm³/mol. The number of likely N-dealkylation sites (N-methyl/N-ethyl adjacent to an activating group) is 1. The number of hydrogen-bond acceptors (Lipinski definition) is 7. The molecule has 2 N–H and O–H groups in total. The third kappa shape index (κ3) is 5.19. The van der Waals surface area contributed by atoms with E-state index in [9.17, 15) is 4.79 Å². The first-order valence-electron chi connectivity index (χ1n) is 13.0. The van der Waals surface area contributed by atoms with Gasteiger partial charge in [0.1, 0.15) is 5.82 Å². The van der Waals surface area contributed by atoms with Gasteiger partial charge in [-0.25, -0.2) is 4.98 Å². The highest BCUT2D eigenvalue weighted by atomic mass is 16.1. The van der Waals surface area contributed by atoms with Crippen molar-refractivity contribution >= 4 is 28.3 Å². The van der Waals surface area contributed by atoms with Crippen molar-refractivity contribution in [1.29, 1.82) is 0 Å². The van der Waals surface area contributed by atoms with Gasteiger partial charge in [-0.15, -0.1) is 0 Å². The Morgan fingerprint density at radius 2 is 1.81 bits per heavy atom. The Balaban J connectivity index is 1.21. The zero-order valence-electron chi connectivity index (χ0n) is 21.2. The minimum atomic E-state index is -0.250. The van der Waals surface area contributed by atoms with Crippen LogP contribution in [0.5, 0.6) is 0 Å². The third-order valence-electron chi connectivity index (χ3n) is 7.34. The average molecular weight is 497 g/mol. The molecule has 37 heavy (non-hydrogen) atoms. The van der Waals surface area contributed by atoms with Gasteiger partial charge in [-0.05, 0) is 68.4 Å². The summed E-state index contributed by atoms with van der Waals surface area (Å²) in [7, 11) is 2.13. The number of nitrogens with one attached hydrogen (secondary N) is 2. The number of rotatable bonds is 6. The highest BCUT2D eigenvalue weighted by Crippen LogP contribution is 2.27. The Hall–Kier alpha value is -3.82.